The summed E-state index contributed by atoms with van der Waals surface area (Å²) in [6, 6.07) is 12.5. The van der Waals surface area contributed by atoms with Crippen molar-refractivity contribution in [3.63, 3.8) is 0 Å². The molecule has 2 N–H and O–H groups in total. The van der Waals surface area contributed by atoms with E-state index in [1.54, 1.807) is 12.1 Å². The number of nitrogens with one attached hydrogen (secondary N) is 1. The van der Waals surface area contributed by atoms with Gasteiger partial charge in [0.15, 0.2) is 0 Å². The summed E-state index contributed by atoms with van der Waals surface area (Å²) < 4.78 is 0. The van der Waals surface area contributed by atoms with Crippen molar-refractivity contribution in [2.75, 3.05) is 11.9 Å². The molecule has 0 aliphatic carbocycles. The first-order chi connectivity index (χ1) is 9.60. The second kappa shape index (κ2) is 6.16. The van der Waals surface area contributed by atoms with Gasteiger partial charge in [-0.05, 0) is 42.7 Å². The molecule has 0 saturated heterocycles. The van der Waals surface area contributed by atoms with Crippen LogP contribution in [0.5, 0.6) is 0 Å². The smallest absolute Gasteiger partial charge is 0.292 e. The van der Waals surface area contributed by atoms with Gasteiger partial charge in [-0.25, -0.2) is 0 Å². The van der Waals surface area contributed by atoms with Crippen LogP contribution in [0.1, 0.15) is 11.1 Å². The quantitative estimate of drug-likeness (QED) is 0.647. The first-order valence-corrected chi connectivity index (χ1v) is 6.32. The van der Waals surface area contributed by atoms with Gasteiger partial charge in [-0.1, -0.05) is 18.2 Å². The van der Waals surface area contributed by atoms with Crippen molar-refractivity contribution in [1.82, 2.24) is 0 Å². The topological polar surface area (TPSA) is 75.4 Å². The van der Waals surface area contributed by atoms with Crippen LogP contribution in [-0.2, 0) is 6.42 Å². The molecule has 5 nitrogen and oxygen atoms in total. The Morgan fingerprint density at radius 2 is 1.90 bits per heavy atom. The number of rotatable bonds is 5. The Bertz CT molecular complexity index is 609. The maximum atomic E-state index is 11.0. The lowest BCUT2D eigenvalue weighted by atomic mass is 10.1. The van der Waals surface area contributed by atoms with Crippen LogP contribution in [0.2, 0.25) is 0 Å². The highest BCUT2D eigenvalue weighted by Crippen LogP contribution is 2.28. The minimum Gasteiger partial charge on any atom is -0.396 e. The molecule has 0 fully saturated rings. The summed E-state index contributed by atoms with van der Waals surface area (Å²) in [6.07, 6.45) is 0.602. The Morgan fingerprint density at radius 1 is 1.20 bits per heavy atom. The molecule has 2 rings (SSSR count). The summed E-state index contributed by atoms with van der Waals surface area (Å²) in [5, 5.41) is 22.9. The van der Waals surface area contributed by atoms with Gasteiger partial charge < -0.3 is 10.4 Å². The van der Waals surface area contributed by atoms with Crippen LogP contribution in [0.15, 0.2) is 42.5 Å². The molecule has 0 aromatic heterocycles. The average molecular weight is 272 g/mol. The summed E-state index contributed by atoms with van der Waals surface area (Å²) >= 11 is 0. The Kier molecular flexibility index (Phi) is 4.32. The number of aliphatic hydroxyl groups excluding tert-OH is 1. The summed E-state index contributed by atoms with van der Waals surface area (Å²) in [7, 11) is 0. The monoisotopic (exact) mass is 272 g/mol. The highest BCUT2D eigenvalue weighted by Gasteiger charge is 2.13. The van der Waals surface area contributed by atoms with Gasteiger partial charge in [-0.3, -0.25) is 10.1 Å². The normalized spacial score (nSPS) is 10.3. The average Bonchev–Trinajstić information content (AvgIpc) is 2.43. The van der Waals surface area contributed by atoms with E-state index in [0.717, 1.165) is 16.8 Å². The number of aliphatic hydroxyl groups is 1. The number of anilines is 2. The predicted molar refractivity (Wildman–Crippen MR) is 78.3 cm³/mol. The summed E-state index contributed by atoms with van der Waals surface area (Å²) in [6.45, 7) is 1.93. The van der Waals surface area contributed by atoms with Crippen LogP contribution >= 0.6 is 0 Å². The second-order valence-corrected chi connectivity index (χ2v) is 4.57. The standard InChI is InChI=1S/C15H16N2O3/c1-11-2-7-14(15(10-11)17(19)20)16-13-5-3-12(4-6-13)8-9-18/h2-7,10,16,18H,8-9H2,1H3. The molecule has 2 aromatic rings. The Labute approximate surface area is 117 Å². The van der Waals surface area contributed by atoms with Crippen molar-refractivity contribution in [3.05, 3.63) is 63.7 Å². The van der Waals surface area contributed by atoms with Crippen molar-refractivity contribution in [3.8, 4) is 0 Å². The molecule has 0 aliphatic rings. The number of nitro groups is 1. The van der Waals surface area contributed by atoms with Crippen molar-refractivity contribution in [1.29, 1.82) is 0 Å². The van der Waals surface area contributed by atoms with E-state index >= 15 is 0 Å². The minimum absolute atomic E-state index is 0.0597. The minimum atomic E-state index is -0.393. The lowest BCUT2D eigenvalue weighted by molar-refractivity contribution is -0.384. The Hall–Kier alpha value is -2.40. The van der Waals surface area contributed by atoms with Gasteiger partial charge in [0.25, 0.3) is 5.69 Å². The van der Waals surface area contributed by atoms with E-state index < -0.39 is 4.92 Å². The van der Waals surface area contributed by atoms with E-state index in [1.165, 1.54) is 0 Å². The van der Waals surface area contributed by atoms with Crippen molar-refractivity contribution >= 4 is 17.1 Å². The molecule has 0 amide bonds. The molecular formula is C15H16N2O3. The van der Waals surface area contributed by atoms with Gasteiger partial charge >= 0.3 is 0 Å². The van der Waals surface area contributed by atoms with Crippen LogP contribution in [0.3, 0.4) is 0 Å². The SMILES string of the molecule is Cc1ccc(Nc2ccc(CCO)cc2)c([N+](=O)[O-])c1. The summed E-state index contributed by atoms with van der Waals surface area (Å²) in [5.41, 5.74) is 3.18. The molecule has 0 heterocycles. The summed E-state index contributed by atoms with van der Waals surface area (Å²) in [4.78, 5) is 10.6. The van der Waals surface area contributed by atoms with Crippen LogP contribution in [0, 0.1) is 17.0 Å². The van der Waals surface area contributed by atoms with E-state index in [1.807, 2.05) is 37.3 Å². The molecule has 20 heavy (non-hydrogen) atoms. The highest BCUT2D eigenvalue weighted by molar-refractivity contribution is 5.70. The third-order valence-corrected chi connectivity index (χ3v) is 2.98. The first-order valence-electron chi connectivity index (χ1n) is 6.32. The number of hydrogen-bond acceptors (Lipinski definition) is 4. The number of aryl methyl sites for hydroxylation is 1. The molecule has 5 heteroatoms. The lowest BCUT2D eigenvalue weighted by Gasteiger charge is -2.08. The number of hydrogen-bond donors (Lipinski definition) is 2. The van der Waals surface area contributed by atoms with Gasteiger partial charge in [0, 0.05) is 18.4 Å². The van der Waals surface area contributed by atoms with Gasteiger partial charge in [-0.2, -0.15) is 0 Å². The zero-order valence-electron chi connectivity index (χ0n) is 11.2. The maximum absolute atomic E-state index is 11.0. The number of nitrogens with zero attached hydrogens (tertiary/aromatic N) is 1. The van der Waals surface area contributed by atoms with Gasteiger partial charge in [0.2, 0.25) is 0 Å². The maximum Gasteiger partial charge on any atom is 0.292 e. The van der Waals surface area contributed by atoms with E-state index in [2.05, 4.69) is 5.32 Å². The predicted octanol–water partition coefficient (Wildman–Crippen LogP) is 3.18. The van der Waals surface area contributed by atoms with E-state index in [-0.39, 0.29) is 12.3 Å². The molecule has 2 aromatic carbocycles. The number of benzene rings is 2. The van der Waals surface area contributed by atoms with Crippen molar-refractivity contribution in [2.24, 2.45) is 0 Å². The lowest BCUT2D eigenvalue weighted by Crippen LogP contribution is -1.98. The molecule has 104 valence electrons. The van der Waals surface area contributed by atoms with Crippen LogP contribution < -0.4 is 5.32 Å². The fourth-order valence-electron chi connectivity index (χ4n) is 1.94. The third-order valence-electron chi connectivity index (χ3n) is 2.98. The number of nitro benzene ring substituents is 1. The van der Waals surface area contributed by atoms with Crippen LogP contribution in [-0.4, -0.2) is 16.6 Å². The van der Waals surface area contributed by atoms with Crippen molar-refractivity contribution < 1.29 is 10.0 Å². The fourth-order valence-corrected chi connectivity index (χ4v) is 1.94. The molecule has 0 bridgehead atoms. The highest BCUT2D eigenvalue weighted by atomic mass is 16.6. The molecule has 0 atom stereocenters. The molecule has 0 aliphatic heterocycles. The zero-order valence-corrected chi connectivity index (χ0v) is 11.2. The van der Waals surface area contributed by atoms with Gasteiger partial charge in [0.1, 0.15) is 5.69 Å². The fraction of sp³-hybridized carbons (Fsp3) is 0.200. The van der Waals surface area contributed by atoms with Gasteiger partial charge in [0.05, 0.1) is 4.92 Å². The van der Waals surface area contributed by atoms with E-state index in [4.69, 9.17) is 5.11 Å². The van der Waals surface area contributed by atoms with Gasteiger partial charge in [-0.15, -0.1) is 0 Å². The van der Waals surface area contributed by atoms with Crippen molar-refractivity contribution in [2.45, 2.75) is 13.3 Å². The van der Waals surface area contributed by atoms with Crippen LogP contribution in [0.4, 0.5) is 17.1 Å². The van der Waals surface area contributed by atoms with E-state index in [0.29, 0.717) is 12.1 Å². The molecular weight excluding hydrogens is 256 g/mol. The second-order valence-electron chi connectivity index (χ2n) is 4.57. The molecule has 0 unspecified atom stereocenters. The third kappa shape index (κ3) is 3.33. The Morgan fingerprint density at radius 3 is 2.50 bits per heavy atom. The first kappa shape index (κ1) is 14.0. The largest absolute Gasteiger partial charge is 0.396 e. The molecule has 0 radical (unpaired) electrons. The molecule has 0 spiro atoms. The molecule has 0 saturated carbocycles. The van der Waals surface area contributed by atoms with E-state index in [9.17, 15) is 10.1 Å². The van der Waals surface area contributed by atoms with Crippen LogP contribution in [0.25, 0.3) is 0 Å². The summed E-state index contributed by atoms with van der Waals surface area (Å²) in [5.74, 6) is 0. The Balaban J connectivity index is 2.23. The zero-order chi connectivity index (χ0) is 14.5.